The van der Waals surface area contributed by atoms with Gasteiger partial charge in [0.2, 0.25) is 0 Å². The van der Waals surface area contributed by atoms with Crippen LogP contribution < -0.4 is 0 Å². The molecule has 2 aromatic carbocycles. The summed E-state index contributed by atoms with van der Waals surface area (Å²) in [5, 5.41) is 37.9. The molecule has 23 heavy (non-hydrogen) atoms. The molecule has 0 aliphatic heterocycles. The number of carboxylic acids is 1. The summed E-state index contributed by atoms with van der Waals surface area (Å²) in [7, 11) is 0. The molecule has 0 aliphatic carbocycles. The Morgan fingerprint density at radius 1 is 1.17 bits per heavy atom. The molecule has 0 saturated carbocycles. The van der Waals surface area contributed by atoms with Crippen LogP contribution >= 0.6 is 11.6 Å². The lowest BCUT2D eigenvalue weighted by Gasteiger charge is -2.08. The van der Waals surface area contributed by atoms with E-state index in [4.69, 9.17) is 11.6 Å². The van der Waals surface area contributed by atoms with Crippen LogP contribution in [0.4, 0.5) is 0 Å². The third kappa shape index (κ3) is 4.37. The van der Waals surface area contributed by atoms with Crippen LogP contribution in [0.5, 0.6) is 17.2 Å². The van der Waals surface area contributed by atoms with Gasteiger partial charge in [0.05, 0.1) is 0 Å². The lowest BCUT2D eigenvalue weighted by molar-refractivity contribution is -0.138. The average molecular weight is 336 g/mol. The molecular formula is C16H14ClNO5. The zero-order chi connectivity index (χ0) is 17.0. The van der Waals surface area contributed by atoms with Crippen molar-refractivity contribution in [3.05, 3.63) is 52.5 Å². The van der Waals surface area contributed by atoms with Crippen molar-refractivity contribution in [2.75, 3.05) is 0 Å². The number of carbonyl (C=O) groups is 1. The van der Waals surface area contributed by atoms with Gasteiger partial charge in [-0.3, -0.25) is 4.99 Å². The molecule has 2 aromatic rings. The van der Waals surface area contributed by atoms with Crippen molar-refractivity contribution < 1.29 is 25.2 Å². The van der Waals surface area contributed by atoms with Gasteiger partial charge in [-0.15, -0.1) is 0 Å². The number of aliphatic imine (C=N–C) groups is 1. The summed E-state index contributed by atoms with van der Waals surface area (Å²) in [4.78, 5) is 15.2. The standard InChI is InChI=1S/C16H14ClNO5/c17-11-6-10(15(21)14(20)7-11)8-18-13(16(22)23)5-9-1-3-12(19)4-2-9/h1-4,6-8,13,19-21H,5H2,(H,22,23). The molecule has 0 saturated heterocycles. The van der Waals surface area contributed by atoms with Crippen molar-refractivity contribution in [2.45, 2.75) is 12.5 Å². The van der Waals surface area contributed by atoms with Gasteiger partial charge >= 0.3 is 5.97 Å². The smallest absolute Gasteiger partial charge is 0.328 e. The molecule has 6 nitrogen and oxygen atoms in total. The maximum atomic E-state index is 11.3. The molecule has 0 aromatic heterocycles. The number of phenolic OH excluding ortho intramolecular Hbond substituents is 3. The molecule has 2 rings (SSSR count). The SMILES string of the molecule is O=C(O)C(Cc1ccc(O)cc1)N=Cc1cc(Cl)cc(O)c1O. The molecule has 0 spiro atoms. The van der Waals surface area contributed by atoms with E-state index in [-0.39, 0.29) is 22.8 Å². The topological polar surface area (TPSA) is 110 Å². The fourth-order valence-corrected chi connectivity index (χ4v) is 2.15. The normalized spacial score (nSPS) is 12.4. The van der Waals surface area contributed by atoms with Crippen molar-refractivity contribution >= 4 is 23.8 Å². The highest BCUT2D eigenvalue weighted by atomic mass is 35.5. The maximum absolute atomic E-state index is 11.3. The Morgan fingerprint density at radius 3 is 2.43 bits per heavy atom. The summed E-state index contributed by atoms with van der Waals surface area (Å²) in [6.07, 6.45) is 1.26. The number of phenols is 3. The van der Waals surface area contributed by atoms with E-state index in [1.165, 1.54) is 24.3 Å². The average Bonchev–Trinajstić information content (AvgIpc) is 2.49. The van der Waals surface area contributed by atoms with Gasteiger partial charge in [0.1, 0.15) is 5.75 Å². The van der Waals surface area contributed by atoms with Gasteiger partial charge in [-0.05, 0) is 23.8 Å². The number of halogens is 1. The number of carboxylic acid groups (broad SMARTS) is 1. The third-order valence-electron chi connectivity index (χ3n) is 3.13. The second-order valence-corrected chi connectivity index (χ2v) is 5.30. The van der Waals surface area contributed by atoms with Crippen molar-refractivity contribution in [2.24, 2.45) is 4.99 Å². The molecule has 0 heterocycles. The quantitative estimate of drug-likeness (QED) is 0.496. The number of hydrogen-bond donors (Lipinski definition) is 4. The van der Waals surface area contributed by atoms with E-state index in [1.54, 1.807) is 12.1 Å². The highest BCUT2D eigenvalue weighted by Gasteiger charge is 2.17. The predicted octanol–water partition coefficient (Wildman–Crippen LogP) is 2.57. The zero-order valence-electron chi connectivity index (χ0n) is 11.8. The Hall–Kier alpha value is -2.73. The minimum absolute atomic E-state index is 0.0865. The van der Waals surface area contributed by atoms with E-state index >= 15 is 0 Å². The van der Waals surface area contributed by atoms with Crippen LogP contribution in [-0.2, 0) is 11.2 Å². The first-order valence-corrected chi connectivity index (χ1v) is 7.00. The summed E-state index contributed by atoms with van der Waals surface area (Å²) >= 11 is 5.77. The highest BCUT2D eigenvalue weighted by Crippen LogP contribution is 2.31. The summed E-state index contributed by atoms with van der Waals surface area (Å²) in [6, 6.07) is 7.56. The van der Waals surface area contributed by atoms with Crippen LogP contribution in [0.3, 0.4) is 0 Å². The summed E-state index contributed by atoms with van der Waals surface area (Å²) in [6.45, 7) is 0. The number of benzene rings is 2. The number of aliphatic carboxylic acids is 1. The molecule has 0 radical (unpaired) electrons. The minimum atomic E-state index is -1.14. The molecule has 1 atom stereocenters. The molecule has 7 heteroatoms. The molecule has 1 unspecified atom stereocenters. The molecular weight excluding hydrogens is 322 g/mol. The Kier molecular flexibility index (Phi) is 5.08. The van der Waals surface area contributed by atoms with Gasteiger partial charge in [-0.2, -0.15) is 0 Å². The zero-order valence-corrected chi connectivity index (χ0v) is 12.6. The van der Waals surface area contributed by atoms with Crippen LogP contribution in [0.2, 0.25) is 5.02 Å². The van der Waals surface area contributed by atoms with Gasteiger partial charge in [-0.25, -0.2) is 4.79 Å². The number of hydrogen-bond acceptors (Lipinski definition) is 5. The highest BCUT2D eigenvalue weighted by molar-refractivity contribution is 6.31. The largest absolute Gasteiger partial charge is 0.508 e. The van der Waals surface area contributed by atoms with E-state index in [0.717, 1.165) is 6.21 Å². The van der Waals surface area contributed by atoms with Crippen molar-refractivity contribution in [3.63, 3.8) is 0 Å². The fourth-order valence-electron chi connectivity index (χ4n) is 1.93. The van der Waals surface area contributed by atoms with Gasteiger partial charge in [0.15, 0.2) is 17.5 Å². The van der Waals surface area contributed by atoms with E-state index < -0.39 is 23.5 Å². The van der Waals surface area contributed by atoms with Crippen LogP contribution in [0, 0.1) is 0 Å². The first kappa shape index (κ1) is 16.6. The Balaban J connectivity index is 2.22. The Morgan fingerprint density at radius 2 is 1.83 bits per heavy atom. The van der Waals surface area contributed by atoms with Crippen molar-refractivity contribution in [3.8, 4) is 17.2 Å². The molecule has 0 amide bonds. The lowest BCUT2D eigenvalue weighted by Crippen LogP contribution is -2.20. The van der Waals surface area contributed by atoms with Crippen molar-refractivity contribution in [1.82, 2.24) is 0 Å². The summed E-state index contributed by atoms with van der Waals surface area (Å²) in [5.74, 6) is -1.89. The molecule has 0 bridgehead atoms. The predicted molar refractivity (Wildman–Crippen MR) is 85.6 cm³/mol. The second-order valence-electron chi connectivity index (χ2n) is 4.87. The van der Waals surface area contributed by atoms with Crippen LogP contribution in [0.1, 0.15) is 11.1 Å². The lowest BCUT2D eigenvalue weighted by atomic mass is 10.1. The molecule has 120 valence electrons. The van der Waals surface area contributed by atoms with Crippen LogP contribution in [0.25, 0.3) is 0 Å². The maximum Gasteiger partial charge on any atom is 0.328 e. The molecule has 4 N–H and O–H groups in total. The van der Waals surface area contributed by atoms with E-state index in [0.29, 0.717) is 5.56 Å². The summed E-state index contributed by atoms with van der Waals surface area (Å²) < 4.78 is 0. The minimum Gasteiger partial charge on any atom is -0.508 e. The molecule has 0 aliphatic rings. The van der Waals surface area contributed by atoms with Crippen LogP contribution in [0.15, 0.2) is 41.4 Å². The number of aromatic hydroxyl groups is 3. The van der Waals surface area contributed by atoms with E-state index in [2.05, 4.69) is 4.99 Å². The number of nitrogens with zero attached hydrogens (tertiary/aromatic N) is 1. The first-order valence-electron chi connectivity index (χ1n) is 6.62. The van der Waals surface area contributed by atoms with Crippen LogP contribution in [-0.4, -0.2) is 38.7 Å². The van der Waals surface area contributed by atoms with Gasteiger partial charge in [0.25, 0.3) is 0 Å². The van der Waals surface area contributed by atoms with Gasteiger partial charge in [-0.1, -0.05) is 23.7 Å². The van der Waals surface area contributed by atoms with Gasteiger partial charge in [0, 0.05) is 29.3 Å². The van der Waals surface area contributed by atoms with Gasteiger partial charge < -0.3 is 20.4 Å². The second kappa shape index (κ2) is 7.02. The third-order valence-corrected chi connectivity index (χ3v) is 3.35. The monoisotopic (exact) mass is 335 g/mol. The first-order chi connectivity index (χ1) is 10.9. The van der Waals surface area contributed by atoms with E-state index in [9.17, 15) is 25.2 Å². The Labute approximate surface area is 136 Å². The van der Waals surface area contributed by atoms with Crippen molar-refractivity contribution in [1.29, 1.82) is 0 Å². The molecule has 0 fully saturated rings. The Bertz CT molecular complexity index is 743. The summed E-state index contributed by atoms with van der Waals surface area (Å²) in [5.41, 5.74) is 0.803. The fraction of sp³-hybridized carbons (Fsp3) is 0.125. The van der Waals surface area contributed by atoms with E-state index in [1.807, 2.05) is 0 Å². The number of rotatable bonds is 5.